The number of piperidine rings is 1. The number of amides is 1. The first-order chi connectivity index (χ1) is 14.8. The monoisotopic (exact) mass is 463 g/mol. The minimum atomic E-state index is -3.49. The van der Waals surface area contributed by atoms with Crippen LogP contribution in [0.5, 0.6) is 0 Å². The molecule has 0 aromatic heterocycles. The molecule has 0 aliphatic carbocycles. The number of anilines is 3. The van der Waals surface area contributed by atoms with E-state index in [1.165, 1.54) is 29.3 Å². The van der Waals surface area contributed by atoms with Crippen LogP contribution < -0.4 is 14.5 Å². The zero-order valence-electron chi connectivity index (χ0n) is 18.1. The van der Waals surface area contributed by atoms with Crippen molar-refractivity contribution < 1.29 is 13.2 Å². The van der Waals surface area contributed by atoms with Gasteiger partial charge in [-0.25, -0.2) is 8.42 Å². The molecule has 1 aliphatic heterocycles. The molecule has 1 N–H and O–H groups in total. The highest BCUT2D eigenvalue weighted by Crippen LogP contribution is 2.28. The van der Waals surface area contributed by atoms with Gasteiger partial charge in [-0.3, -0.25) is 9.10 Å². The largest absolute Gasteiger partial charge is 0.372 e. The van der Waals surface area contributed by atoms with E-state index in [2.05, 4.69) is 10.2 Å². The molecular formula is C23H30ClN3O3S. The van der Waals surface area contributed by atoms with E-state index in [4.69, 9.17) is 11.6 Å². The van der Waals surface area contributed by atoms with Gasteiger partial charge in [0.15, 0.2) is 0 Å². The lowest BCUT2D eigenvalue weighted by molar-refractivity contribution is -0.116. The number of hydrogen-bond acceptors (Lipinski definition) is 4. The molecule has 0 radical (unpaired) electrons. The molecular weight excluding hydrogens is 434 g/mol. The fraction of sp³-hybridized carbons (Fsp3) is 0.435. The molecule has 6 nitrogen and oxygen atoms in total. The number of nitrogens with one attached hydrogen (secondary N) is 1. The van der Waals surface area contributed by atoms with E-state index in [9.17, 15) is 13.2 Å². The average Bonchev–Trinajstić information content (AvgIpc) is 2.74. The summed E-state index contributed by atoms with van der Waals surface area (Å²) in [7, 11) is -3.49. The van der Waals surface area contributed by atoms with Crippen molar-refractivity contribution in [1.82, 2.24) is 0 Å². The number of rotatable bonds is 8. The maximum Gasteiger partial charge on any atom is 0.232 e. The predicted octanol–water partition coefficient (Wildman–Crippen LogP) is 4.82. The summed E-state index contributed by atoms with van der Waals surface area (Å²) in [5.41, 5.74) is 3.17. The third-order valence-corrected chi connectivity index (χ3v) is 7.13. The second-order valence-electron chi connectivity index (χ2n) is 7.97. The van der Waals surface area contributed by atoms with Crippen molar-refractivity contribution in [3.05, 3.63) is 53.1 Å². The molecule has 0 atom stereocenters. The van der Waals surface area contributed by atoms with Gasteiger partial charge in [-0.1, -0.05) is 17.7 Å². The Morgan fingerprint density at radius 2 is 1.77 bits per heavy atom. The average molecular weight is 464 g/mol. The van der Waals surface area contributed by atoms with Crippen molar-refractivity contribution in [1.29, 1.82) is 0 Å². The Kier molecular flexibility index (Phi) is 7.84. The highest BCUT2D eigenvalue weighted by atomic mass is 35.5. The molecule has 3 rings (SSSR count). The predicted molar refractivity (Wildman–Crippen MR) is 129 cm³/mol. The van der Waals surface area contributed by atoms with Crippen LogP contribution in [0.3, 0.4) is 0 Å². The van der Waals surface area contributed by atoms with Gasteiger partial charge in [0, 0.05) is 42.5 Å². The molecule has 1 saturated heterocycles. The van der Waals surface area contributed by atoms with Gasteiger partial charge in [-0.15, -0.1) is 0 Å². The Morgan fingerprint density at radius 3 is 2.42 bits per heavy atom. The highest BCUT2D eigenvalue weighted by molar-refractivity contribution is 7.92. The molecule has 1 aliphatic rings. The molecule has 1 amide bonds. The van der Waals surface area contributed by atoms with Gasteiger partial charge in [0.2, 0.25) is 15.9 Å². The van der Waals surface area contributed by atoms with E-state index < -0.39 is 10.0 Å². The number of benzene rings is 2. The molecule has 0 spiro atoms. The van der Waals surface area contributed by atoms with Gasteiger partial charge in [-0.05, 0) is 74.6 Å². The summed E-state index contributed by atoms with van der Waals surface area (Å²) < 4.78 is 25.9. The van der Waals surface area contributed by atoms with Crippen LogP contribution in [-0.2, 0) is 14.8 Å². The van der Waals surface area contributed by atoms with Crippen molar-refractivity contribution in [2.45, 2.75) is 39.0 Å². The summed E-state index contributed by atoms with van der Waals surface area (Å²) in [6.07, 6.45) is 5.52. The van der Waals surface area contributed by atoms with Crippen LogP contribution in [0.2, 0.25) is 5.02 Å². The summed E-state index contributed by atoms with van der Waals surface area (Å²) in [4.78, 5) is 14.7. The van der Waals surface area contributed by atoms with Crippen molar-refractivity contribution in [2.75, 3.05) is 40.4 Å². The number of sulfonamides is 1. The number of carbonyl (C=O) groups excluding carboxylic acids is 1. The maximum atomic E-state index is 12.4. The molecule has 1 heterocycles. The Bertz CT molecular complexity index is 1000. The lowest BCUT2D eigenvalue weighted by Gasteiger charge is -2.28. The normalized spacial score (nSPS) is 14.4. The second kappa shape index (κ2) is 10.4. The Morgan fingerprint density at radius 1 is 1.10 bits per heavy atom. The van der Waals surface area contributed by atoms with E-state index in [0.717, 1.165) is 25.0 Å². The summed E-state index contributed by atoms with van der Waals surface area (Å²) in [5.74, 6) is -0.137. The SMILES string of the molecule is Cc1c(Cl)cccc1N(CCCC(=O)Nc1ccc(N2CCCCC2)cc1)S(C)(=O)=O. The minimum absolute atomic E-state index is 0.137. The van der Waals surface area contributed by atoms with E-state index in [1.807, 2.05) is 24.3 Å². The summed E-state index contributed by atoms with van der Waals surface area (Å²) in [6.45, 7) is 4.15. The molecule has 1 fully saturated rings. The second-order valence-corrected chi connectivity index (χ2v) is 10.3. The highest BCUT2D eigenvalue weighted by Gasteiger charge is 2.20. The lowest BCUT2D eigenvalue weighted by atomic mass is 10.1. The summed E-state index contributed by atoms with van der Waals surface area (Å²) in [6, 6.07) is 13.1. The van der Waals surface area contributed by atoms with Crippen LogP contribution in [0.15, 0.2) is 42.5 Å². The van der Waals surface area contributed by atoms with Crippen LogP contribution >= 0.6 is 11.6 Å². The first-order valence-electron chi connectivity index (χ1n) is 10.6. The molecule has 2 aromatic rings. The van der Waals surface area contributed by atoms with Crippen LogP contribution in [0, 0.1) is 6.92 Å². The molecule has 2 aromatic carbocycles. The summed E-state index contributed by atoms with van der Waals surface area (Å²) in [5, 5.41) is 3.41. The molecule has 0 bridgehead atoms. The first kappa shape index (κ1) is 23.4. The van der Waals surface area contributed by atoms with Crippen molar-refractivity contribution in [3.8, 4) is 0 Å². The van der Waals surface area contributed by atoms with Crippen LogP contribution in [-0.4, -0.2) is 40.2 Å². The molecule has 8 heteroatoms. The molecule has 168 valence electrons. The number of halogens is 1. The Labute approximate surface area is 190 Å². The van der Waals surface area contributed by atoms with E-state index in [-0.39, 0.29) is 18.9 Å². The number of nitrogens with zero attached hydrogens (tertiary/aromatic N) is 2. The van der Waals surface area contributed by atoms with Gasteiger partial charge in [0.25, 0.3) is 0 Å². The van der Waals surface area contributed by atoms with E-state index in [1.54, 1.807) is 25.1 Å². The van der Waals surface area contributed by atoms with E-state index >= 15 is 0 Å². The third kappa shape index (κ3) is 6.37. The first-order valence-corrected chi connectivity index (χ1v) is 12.9. The maximum absolute atomic E-state index is 12.4. The Balaban J connectivity index is 1.55. The van der Waals surface area contributed by atoms with Crippen molar-refractivity contribution in [3.63, 3.8) is 0 Å². The van der Waals surface area contributed by atoms with Gasteiger partial charge < -0.3 is 10.2 Å². The fourth-order valence-corrected chi connectivity index (χ4v) is 5.03. The van der Waals surface area contributed by atoms with Crippen LogP contribution in [0.4, 0.5) is 17.1 Å². The smallest absolute Gasteiger partial charge is 0.232 e. The van der Waals surface area contributed by atoms with Gasteiger partial charge >= 0.3 is 0 Å². The Hall–Kier alpha value is -2.25. The zero-order valence-corrected chi connectivity index (χ0v) is 19.7. The number of hydrogen-bond donors (Lipinski definition) is 1. The van der Waals surface area contributed by atoms with Gasteiger partial charge in [0.1, 0.15) is 0 Å². The molecule has 0 saturated carbocycles. The van der Waals surface area contributed by atoms with Crippen molar-refractivity contribution >= 4 is 44.6 Å². The zero-order chi connectivity index (χ0) is 22.4. The van der Waals surface area contributed by atoms with E-state index in [0.29, 0.717) is 22.7 Å². The standard InChI is InChI=1S/C23H30ClN3O3S/c1-18-21(24)8-6-9-22(18)27(31(2,29)30)17-7-10-23(28)25-19-11-13-20(14-12-19)26-15-4-3-5-16-26/h6,8-9,11-14H,3-5,7,10,15-17H2,1-2H3,(H,25,28). The molecule has 31 heavy (non-hydrogen) atoms. The van der Waals surface area contributed by atoms with Gasteiger partial charge in [-0.2, -0.15) is 0 Å². The summed E-state index contributed by atoms with van der Waals surface area (Å²) >= 11 is 6.15. The van der Waals surface area contributed by atoms with Crippen molar-refractivity contribution in [2.24, 2.45) is 0 Å². The topological polar surface area (TPSA) is 69.7 Å². The van der Waals surface area contributed by atoms with Gasteiger partial charge in [0.05, 0.1) is 11.9 Å². The number of carbonyl (C=O) groups is 1. The lowest BCUT2D eigenvalue weighted by Crippen LogP contribution is -2.32. The van der Waals surface area contributed by atoms with Crippen LogP contribution in [0.25, 0.3) is 0 Å². The fourth-order valence-electron chi connectivity index (χ4n) is 3.85. The van der Waals surface area contributed by atoms with Crippen LogP contribution in [0.1, 0.15) is 37.7 Å². The third-order valence-electron chi connectivity index (χ3n) is 5.55. The minimum Gasteiger partial charge on any atom is -0.372 e. The molecule has 0 unspecified atom stereocenters. The quantitative estimate of drug-likeness (QED) is 0.609.